The van der Waals surface area contributed by atoms with Crippen LogP contribution in [0.1, 0.15) is 16.7 Å². The second-order valence-electron chi connectivity index (χ2n) is 6.96. The van der Waals surface area contributed by atoms with Crippen LogP contribution in [-0.2, 0) is 19.1 Å². The second kappa shape index (κ2) is 9.17. The van der Waals surface area contributed by atoms with E-state index in [0.29, 0.717) is 30.5 Å². The number of rotatable bonds is 9. The molecule has 31 heavy (non-hydrogen) atoms. The number of alkyl halides is 7. The zero-order chi connectivity index (χ0) is 22.6. The molecule has 0 saturated carbocycles. The topological polar surface area (TPSA) is 37.0 Å². The van der Waals surface area contributed by atoms with Gasteiger partial charge in [0.15, 0.2) is 6.61 Å². The van der Waals surface area contributed by atoms with Crippen LogP contribution in [0.25, 0.3) is 10.9 Å². The number of hydrogen-bond donors (Lipinski definition) is 2. The molecule has 3 aromatic rings. The predicted octanol–water partition coefficient (Wildman–Crippen LogP) is 5.80. The van der Waals surface area contributed by atoms with E-state index in [0.717, 1.165) is 11.6 Å². The lowest BCUT2D eigenvalue weighted by molar-refractivity contribution is -0.148. The molecule has 0 spiro atoms. The summed E-state index contributed by atoms with van der Waals surface area (Å²) in [5, 5.41) is 3.60. The fourth-order valence-corrected chi connectivity index (χ4v) is 3.10. The van der Waals surface area contributed by atoms with Crippen molar-refractivity contribution in [1.29, 1.82) is 0 Å². The van der Waals surface area contributed by atoms with Crippen molar-refractivity contribution in [1.82, 2.24) is 10.3 Å². The quantitative estimate of drug-likeness (QED) is 0.321. The molecule has 10 heteroatoms. The van der Waals surface area contributed by atoms with Crippen LogP contribution in [0, 0.1) is 0 Å². The van der Waals surface area contributed by atoms with E-state index >= 15 is 0 Å². The summed E-state index contributed by atoms with van der Waals surface area (Å²) in [6, 6.07) is 10.1. The number of H-pyrrole nitrogens is 1. The molecular weight excluding hydrogens is 429 g/mol. The third kappa shape index (κ3) is 5.69. The van der Waals surface area contributed by atoms with E-state index in [-0.39, 0.29) is 11.3 Å². The van der Waals surface area contributed by atoms with Gasteiger partial charge in [-0.05, 0) is 42.3 Å². The summed E-state index contributed by atoms with van der Waals surface area (Å²) in [6.07, 6.45) is -6.27. The molecule has 0 unspecified atom stereocenters. The Morgan fingerprint density at radius 3 is 2.45 bits per heavy atom. The van der Waals surface area contributed by atoms with Crippen LogP contribution in [0.15, 0.2) is 48.7 Å². The SMILES string of the molecule is FC(F)C(F)(F)COc1cccc(CNCCc2c[nH]c3c(C(F)(F)F)cccc23)c1. The molecule has 2 N–H and O–H groups in total. The Morgan fingerprint density at radius 1 is 1.00 bits per heavy atom. The van der Waals surface area contributed by atoms with Gasteiger partial charge in [-0.3, -0.25) is 0 Å². The van der Waals surface area contributed by atoms with Crippen LogP contribution >= 0.6 is 0 Å². The molecule has 0 aliphatic carbocycles. The van der Waals surface area contributed by atoms with Crippen LogP contribution in [0.2, 0.25) is 0 Å². The second-order valence-corrected chi connectivity index (χ2v) is 6.96. The van der Waals surface area contributed by atoms with Gasteiger partial charge in [-0.15, -0.1) is 0 Å². The number of ether oxygens (including phenoxy) is 1. The third-order valence-corrected chi connectivity index (χ3v) is 4.66. The number of nitrogens with one attached hydrogen (secondary N) is 2. The molecule has 0 bridgehead atoms. The van der Waals surface area contributed by atoms with Crippen molar-refractivity contribution in [3.05, 3.63) is 65.4 Å². The Balaban J connectivity index is 1.55. The third-order valence-electron chi connectivity index (χ3n) is 4.66. The molecule has 1 aromatic heterocycles. The van der Waals surface area contributed by atoms with Gasteiger partial charge in [0, 0.05) is 18.1 Å². The molecule has 0 saturated heterocycles. The minimum Gasteiger partial charge on any atom is -0.487 e. The standard InChI is InChI=1S/C21H19F7N2O/c22-19(23)20(24,25)12-31-15-4-1-3-13(9-15)10-29-8-7-14-11-30-18-16(14)5-2-6-17(18)21(26,27)28/h1-6,9,11,19,29-30H,7-8,10,12H2. The minimum atomic E-state index is -4.45. The first-order valence-electron chi connectivity index (χ1n) is 9.32. The maximum absolute atomic E-state index is 13.1. The first kappa shape index (κ1) is 22.9. The normalized spacial score (nSPS) is 12.6. The van der Waals surface area contributed by atoms with Crippen LogP contribution in [0.4, 0.5) is 30.7 Å². The Morgan fingerprint density at radius 2 is 1.74 bits per heavy atom. The smallest absolute Gasteiger partial charge is 0.418 e. The molecule has 3 rings (SSSR count). The van der Waals surface area contributed by atoms with Crippen LogP contribution < -0.4 is 10.1 Å². The van der Waals surface area contributed by atoms with E-state index in [1.165, 1.54) is 18.2 Å². The van der Waals surface area contributed by atoms with Crippen LogP contribution in [-0.4, -0.2) is 30.5 Å². The van der Waals surface area contributed by atoms with E-state index < -0.39 is 30.7 Å². The van der Waals surface area contributed by atoms with Gasteiger partial charge in [-0.25, -0.2) is 8.78 Å². The number of hydrogen-bond acceptors (Lipinski definition) is 2. The summed E-state index contributed by atoms with van der Waals surface area (Å²) in [5.41, 5.74) is 0.713. The monoisotopic (exact) mass is 448 g/mol. The fourth-order valence-electron chi connectivity index (χ4n) is 3.10. The number of benzene rings is 2. The maximum Gasteiger partial charge on any atom is 0.418 e. The van der Waals surface area contributed by atoms with E-state index in [9.17, 15) is 30.7 Å². The first-order valence-corrected chi connectivity index (χ1v) is 9.32. The Hall–Kier alpha value is -2.75. The highest BCUT2D eigenvalue weighted by molar-refractivity contribution is 5.86. The molecule has 0 atom stereocenters. The van der Waals surface area contributed by atoms with Crippen molar-refractivity contribution in [3.63, 3.8) is 0 Å². The van der Waals surface area contributed by atoms with Crippen molar-refractivity contribution in [2.24, 2.45) is 0 Å². The van der Waals surface area contributed by atoms with E-state index in [4.69, 9.17) is 4.74 Å². The Bertz CT molecular complexity index is 1010. The summed E-state index contributed by atoms with van der Waals surface area (Å²) in [7, 11) is 0. The minimum absolute atomic E-state index is 0.0375. The molecule has 3 nitrogen and oxygen atoms in total. The van der Waals surface area contributed by atoms with Gasteiger partial charge in [0.05, 0.1) is 11.1 Å². The summed E-state index contributed by atoms with van der Waals surface area (Å²) in [5.74, 6) is -4.20. The van der Waals surface area contributed by atoms with E-state index in [1.54, 1.807) is 24.4 Å². The van der Waals surface area contributed by atoms with Gasteiger partial charge in [0.1, 0.15) is 5.75 Å². The number of para-hydroxylation sites is 1. The molecule has 168 valence electrons. The molecule has 0 aliphatic heterocycles. The summed E-state index contributed by atoms with van der Waals surface area (Å²) in [4.78, 5) is 2.68. The Labute approximate surface area is 173 Å². The lowest BCUT2D eigenvalue weighted by Gasteiger charge is -2.16. The van der Waals surface area contributed by atoms with Gasteiger partial charge in [-0.1, -0.05) is 24.3 Å². The maximum atomic E-state index is 13.1. The molecule has 1 heterocycles. The van der Waals surface area contributed by atoms with Gasteiger partial charge in [-0.2, -0.15) is 22.0 Å². The number of aromatic nitrogens is 1. The summed E-state index contributed by atoms with van der Waals surface area (Å²) in [6.45, 7) is -0.654. The fraction of sp³-hybridized carbons (Fsp3) is 0.333. The zero-order valence-electron chi connectivity index (χ0n) is 16.1. The van der Waals surface area contributed by atoms with Crippen LogP contribution in [0.3, 0.4) is 0 Å². The lowest BCUT2D eigenvalue weighted by atomic mass is 10.1. The summed E-state index contributed by atoms with van der Waals surface area (Å²) >= 11 is 0. The highest BCUT2D eigenvalue weighted by atomic mass is 19.4. The average Bonchev–Trinajstić information content (AvgIpc) is 3.12. The van der Waals surface area contributed by atoms with Gasteiger partial charge >= 0.3 is 18.5 Å². The van der Waals surface area contributed by atoms with Crippen molar-refractivity contribution >= 4 is 10.9 Å². The molecule has 0 amide bonds. The van der Waals surface area contributed by atoms with Gasteiger partial charge < -0.3 is 15.0 Å². The molecule has 2 aromatic carbocycles. The van der Waals surface area contributed by atoms with Gasteiger partial charge in [0.25, 0.3) is 0 Å². The zero-order valence-corrected chi connectivity index (χ0v) is 16.1. The van der Waals surface area contributed by atoms with Crippen molar-refractivity contribution in [3.8, 4) is 5.75 Å². The summed E-state index contributed by atoms with van der Waals surface area (Å²) < 4.78 is 94.4. The van der Waals surface area contributed by atoms with Crippen molar-refractivity contribution in [2.45, 2.75) is 31.5 Å². The molecule has 0 radical (unpaired) electrons. The van der Waals surface area contributed by atoms with E-state index in [2.05, 4.69) is 10.3 Å². The molecular formula is C21H19F7N2O. The number of aromatic amines is 1. The first-order chi connectivity index (χ1) is 14.6. The Kier molecular flexibility index (Phi) is 6.78. The highest BCUT2D eigenvalue weighted by Crippen LogP contribution is 2.35. The van der Waals surface area contributed by atoms with Crippen molar-refractivity contribution in [2.75, 3.05) is 13.2 Å². The number of fused-ring (bicyclic) bond motifs is 1. The van der Waals surface area contributed by atoms with Crippen molar-refractivity contribution < 1.29 is 35.5 Å². The van der Waals surface area contributed by atoms with Gasteiger partial charge in [0.2, 0.25) is 0 Å². The average molecular weight is 448 g/mol. The van der Waals surface area contributed by atoms with Crippen LogP contribution in [0.5, 0.6) is 5.75 Å². The van der Waals surface area contributed by atoms with E-state index in [1.807, 2.05) is 0 Å². The largest absolute Gasteiger partial charge is 0.487 e. The number of halogens is 7. The molecule has 0 fully saturated rings. The molecule has 0 aliphatic rings. The lowest BCUT2D eigenvalue weighted by Crippen LogP contribution is -2.33. The predicted molar refractivity (Wildman–Crippen MR) is 102 cm³/mol. The highest BCUT2D eigenvalue weighted by Gasteiger charge is 2.41.